The van der Waals surface area contributed by atoms with Crippen LogP contribution in [0.15, 0.2) is 4.52 Å². The first-order chi connectivity index (χ1) is 9.70. The summed E-state index contributed by atoms with van der Waals surface area (Å²) in [5.41, 5.74) is -0.436. The predicted molar refractivity (Wildman–Crippen MR) is 70.6 cm³/mol. The topological polar surface area (TPSA) is 92.2 Å². The fraction of sp³-hybridized carbons (Fsp3) is 0.786. The highest BCUT2D eigenvalue weighted by molar-refractivity contribution is 5.04. The number of aromatic nitrogens is 2. The number of nitriles is 1. The normalized spacial score (nSPS) is 19.4. The van der Waals surface area contributed by atoms with Crippen LogP contribution in [-0.2, 0) is 16.8 Å². The summed E-state index contributed by atoms with van der Waals surface area (Å²) in [5, 5.41) is 22.2. The molecule has 0 spiro atoms. The Labute approximate surface area is 118 Å². The third kappa shape index (κ3) is 3.35. The van der Waals surface area contributed by atoms with Gasteiger partial charge in [-0.25, -0.2) is 0 Å². The summed E-state index contributed by atoms with van der Waals surface area (Å²) >= 11 is 0. The van der Waals surface area contributed by atoms with E-state index in [9.17, 15) is 5.11 Å². The molecule has 1 saturated carbocycles. The lowest BCUT2D eigenvalue weighted by atomic mass is 9.84. The van der Waals surface area contributed by atoms with E-state index in [1.165, 1.54) is 6.42 Å². The highest BCUT2D eigenvalue weighted by atomic mass is 16.5. The Bertz CT molecular complexity index is 455. The number of ether oxygens (including phenoxy) is 1. The molecule has 1 aliphatic rings. The van der Waals surface area contributed by atoms with E-state index in [2.05, 4.69) is 10.1 Å². The lowest BCUT2D eigenvalue weighted by Crippen LogP contribution is -2.33. The van der Waals surface area contributed by atoms with E-state index < -0.39 is 11.7 Å². The minimum absolute atomic E-state index is 0.0638. The van der Waals surface area contributed by atoms with Crippen molar-refractivity contribution in [1.82, 2.24) is 10.1 Å². The van der Waals surface area contributed by atoms with E-state index in [0.29, 0.717) is 18.3 Å². The van der Waals surface area contributed by atoms with E-state index in [1.54, 1.807) is 0 Å². The highest BCUT2D eigenvalue weighted by Crippen LogP contribution is 2.39. The van der Waals surface area contributed by atoms with Gasteiger partial charge in [0.25, 0.3) is 0 Å². The van der Waals surface area contributed by atoms with Crippen LogP contribution < -0.4 is 0 Å². The van der Waals surface area contributed by atoms with Gasteiger partial charge in [-0.05, 0) is 19.8 Å². The van der Waals surface area contributed by atoms with E-state index in [4.69, 9.17) is 14.5 Å². The van der Waals surface area contributed by atoms with Crippen molar-refractivity contribution in [3.05, 3.63) is 11.7 Å². The summed E-state index contributed by atoms with van der Waals surface area (Å²) in [4.78, 5) is 4.37. The molecule has 6 heteroatoms. The summed E-state index contributed by atoms with van der Waals surface area (Å²) in [5.74, 6) is 0.950. The summed E-state index contributed by atoms with van der Waals surface area (Å²) in [6, 6.07) is 1.92. The van der Waals surface area contributed by atoms with Crippen LogP contribution in [0, 0.1) is 11.3 Å². The minimum Gasteiger partial charge on any atom is -0.392 e. The van der Waals surface area contributed by atoms with Gasteiger partial charge in [0.15, 0.2) is 0 Å². The molecule has 6 nitrogen and oxygen atoms in total. The predicted octanol–water partition coefficient (Wildman–Crippen LogP) is 2.08. The minimum atomic E-state index is -0.761. The summed E-state index contributed by atoms with van der Waals surface area (Å²) < 4.78 is 11.1. The Morgan fingerprint density at radius 3 is 2.85 bits per heavy atom. The van der Waals surface area contributed by atoms with Crippen molar-refractivity contribution < 1.29 is 14.4 Å². The van der Waals surface area contributed by atoms with Gasteiger partial charge in [-0.15, -0.1) is 0 Å². The van der Waals surface area contributed by atoms with Gasteiger partial charge in [-0.3, -0.25) is 0 Å². The number of hydrogen-bond acceptors (Lipinski definition) is 6. The van der Waals surface area contributed by atoms with Crippen molar-refractivity contribution in [2.24, 2.45) is 0 Å². The SMILES string of the molecule is CCOC1(c2noc(CC(O)CC#N)n2)CCCCC1. The quantitative estimate of drug-likeness (QED) is 0.857. The van der Waals surface area contributed by atoms with Gasteiger partial charge < -0.3 is 14.4 Å². The number of hydrogen-bond donors (Lipinski definition) is 1. The average Bonchev–Trinajstić information content (AvgIpc) is 2.89. The molecule has 0 saturated heterocycles. The molecule has 20 heavy (non-hydrogen) atoms. The molecule has 1 fully saturated rings. The molecule has 110 valence electrons. The van der Waals surface area contributed by atoms with Crippen molar-refractivity contribution in [3.8, 4) is 6.07 Å². The third-order valence-electron chi connectivity index (χ3n) is 3.69. The van der Waals surface area contributed by atoms with Crippen LogP contribution in [0.2, 0.25) is 0 Å². The maximum atomic E-state index is 9.61. The Kier molecular flexibility index (Phi) is 5.10. The van der Waals surface area contributed by atoms with Crippen LogP contribution in [0.25, 0.3) is 0 Å². The molecule has 1 heterocycles. The van der Waals surface area contributed by atoms with Crippen molar-refractivity contribution in [1.29, 1.82) is 5.26 Å². The molecule has 0 aliphatic heterocycles. The van der Waals surface area contributed by atoms with Gasteiger partial charge in [0.05, 0.1) is 25.0 Å². The second kappa shape index (κ2) is 6.82. The summed E-state index contributed by atoms with van der Waals surface area (Å²) in [6.45, 7) is 2.58. The van der Waals surface area contributed by atoms with Crippen molar-refractivity contribution >= 4 is 0 Å². The monoisotopic (exact) mass is 279 g/mol. The van der Waals surface area contributed by atoms with Gasteiger partial charge in [0.1, 0.15) is 5.60 Å². The fourth-order valence-corrected chi connectivity index (χ4v) is 2.73. The molecular formula is C14H21N3O3. The summed E-state index contributed by atoms with van der Waals surface area (Å²) in [7, 11) is 0. The first kappa shape index (κ1) is 14.9. The van der Waals surface area contributed by atoms with E-state index >= 15 is 0 Å². The lowest BCUT2D eigenvalue weighted by molar-refractivity contribution is -0.0777. The second-order valence-corrected chi connectivity index (χ2v) is 5.22. The fourth-order valence-electron chi connectivity index (χ4n) is 2.73. The maximum Gasteiger partial charge on any atom is 0.229 e. The van der Waals surface area contributed by atoms with Crippen molar-refractivity contribution in [2.45, 2.75) is 63.6 Å². The van der Waals surface area contributed by atoms with E-state index in [1.807, 2.05) is 13.0 Å². The number of rotatable bonds is 6. The van der Waals surface area contributed by atoms with Crippen LogP contribution in [0.1, 0.15) is 57.2 Å². The van der Waals surface area contributed by atoms with Crippen LogP contribution in [0.3, 0.4) is 0 Å². The third-order valence-corrected chi connectivity index (χ3v) is 3.69. The zero-order valence-electron chi connectivity index (χ0n) is 11.8. The molecule has 0 radical (unpaired) electrons. The molecule has 1 aromatic rings. The molecule has 1 N–H and O–H groups in total. The number of aliphatic hydroxyl groups excluding tert-OH is 1. The first-order valence-corrected chi connectivity index (χ1v) is 7.22. The van der Waals surface area contributed by atoms with Crippen molar-refractivity contribution in [3.63, 3.8) is 0 Å². The average molecular weight is 279 g/mol. The first-order valence-electron chi connectivity index (χ1n) is 7.22. The van der Waals surface area contributed by atoms with Crippen molar-refractivity contribution in [2.75, 3.05) is 6.61 Å². The zero-order chi connectivity index (χ0) is 14.4. The molecule has 2 rings (SSSR count). The lowest BCUT2D eigenvalue weighted by Gasteiger charge is -2.33. The maximum absolute atomic E-state index is 9.61. The smallest absolute Gasteiger partial charge is 0.229 e. The van der Waals surface area contributed by atoms with Gasteiger partial charge in [-0.2, -0.15) is 10.2 Å². The largest absolute Gasteiger partial charge is 0.392 e. The molecule has 1 unspecified atom stereocenters. The molecule has 1 aliphatic carbocycles. The van der Waals surface area contributed by atoms with E-state index in [0.717, 1.165) is 25.7 Å². The standard InChI is InChI=1S/C14H21N3O3/c1-2-19-14(7-4-3-5-8-14)13-16-12(20-17-13)10-11(18)6-9-15/h11,18H,2-8,10H2,1H3. The van der Waals surface area contributed by atoms with Gasteiger partial charge in [0, 0.05) is 6.61 Å². The van der Waals surface area contributed by atoms with Crippen LogP contribution in [0.4, 0.5) is 0 Å². The zero-order valence-corrected chi connectivity index (χ0v) is 11.8. The van der Waals surface area contributed by atoms with Gasteiger partial charge >= 0.3 is 0 Å². The Hall–Kier alpha value is -1.45. The van der Waals surface area contributed by atoms with Gasteiger partial charge in [-0.1, -0.05) is 24.4 Å². The Morgan fingerprint density at radius 1 is 1.45 bits per heavy atom. The number of nitrogens with zero attached hydrogens (tertiary/aromatic N) is 3. The highest BCUT2D eigenvalue weighted by Gasteiger charge is 2.39. The van der Waals surface area contributed by atoms with E-state index in [-0.39, 0.29) is 12.8 Å². The van der Waals surface area contributed by atoms with Crippen LogP contribution >= 0.6 is 0 Å². The van der Waals surface area contributed by atoms with Gasteiger partial charge in [0.2, 0.25) is 11.7 Å². The molecule has 1 aromatic heterocycles. The molecule has 1 atom stereocenters. The molecule has 0 bridgehead atoms. The van der Waals surface area contributed by atoms with Crippen LogP contribution in [-0.4, -0.2) is 28.0 Å². The molecule has 0 aromatic carbocycles. The molecular weight excluding hydrogens is 258 g/mol. The summed E-state index contributed by atoms with van der Waals surface area (Å²) in [6.07, 6.45) is 4.73. The van der Waals surface area contributed by atoms with Crippen LogP contribution in [0.5, 0.6) is 0 Å². The molecule has 0 amide bonds. The number of aliphatic hydroxyl groups is 1. The second-order valence-electron chi connectivity index (χ2n) is 5.22. The Balaban J connectivity index is 2.10. The Morgan fingerprint density at radius 2 is 2.20 bits per heavy atom.